The van der Waals surface area contributed by atoms with Crippen LogP contribution in [0.4, 0.5) is 0 Å². The van der Waals surface area contributed by atoms with E-state index in [1.807, 2.05) is 32.0 Å². The predicted molar refractivity (Wildman–Crippen MR) is 126 cm³/mol. The first-order valence-corrected chi connectivity index (χ1v) is 12.9. The number of ketones is 1. The minimum atomic E-state index is -0.967. The molecule has 1 aromatic rings. The van der Waals surface area contributed by atoms with Crippen LogP contribution in [0.25, 0.3) is 0 Å². The number of aromatic nitrogens is 1. The summed E-state index contributed by atoms with van der Waals surface area (Å²) in [6.45, 7) is 8.51. The number of allylic oxidation sites excluding steroid dienone is 1. The normalized spacial score (nSPS) is 50.4. The van der Waals surface area contributed by atoms with E-state index in [0.29, 0.717) is 30.8 Å². The molecule has 184 valence electrons. The molecule has 1 aliphatic heterocycles. The zero-order chi connectivity index (χ0) is 24.1. The lowest BCUT2D eigenvalue weighted by Crippen LogP contribution is -2.64. The maximum atomic E-state index is 12.8. The van der Waals surface area contributed by atoms with Crippen LogP contribution >= 0.6 is 0 Å². The Bertz CT molecular complexity index is 1040. The third kappa shape index (κ3) is 2.79. The van der Waals surface area contributed by atoms with Crippen molar-refractivity contribution in [2.45, 2.75) is 89.8 Å². The van der Waals surface area contributed by atoms with Crippen molar-refractivity contribution in [3.8, 4) is 0 Å². The maximum absolute atomic E-state index is 12.8. The maximum Gasteiger partial charge on any atom is 0.163 e. The summed E-state index contributed by atoms with van der Waals surface area (Å²) in [5, 5.41) is 22.0. The minimum absolute atomic E-state index is 0.0292. The van der Waals surface area contributed by atoms with Gasteiger partial charge in [-0.3, -0.25) is 9.78 Å². The Morgan fingerprint density at radius 1 is 1.03 bits per heavy atom. The summed E-state index contributed by atoms with van der Waals surface area (Å²) in [5.74, 6) is 0.213. The van der Waals surface area contributed by atoms with Crippen LogP contribution in [-0.4, -0.2) is 39.0 Å². The third-order valence-corrected chi connectivity index (χ3v) is 10.7. The zero-order valence-electron chi connectivity index (χ0n) is 20.7. The molecular formula is C28H37NO5. The van der Waals surface area contributed by atoms with Crippen LogP contribution in [-0.2, 0) is 19.9 Å². The van der Waals surface area contributed by atoms with Gasteiger partial charge in [0.2, 0.25) is 0 Å². The Balaban J connectivity index is 1.45. The SMILES string of the molecule is CC1(C)O[C@H]2[C@H](O1)[C@H]1CC(=O)C(=CO)C[C@]1(C)[C@H]1CC[C@@]3(C)[C@@H](CC[C@@]3(O)c3ccccn3)[C@H]21. The second kappa shape index (κ2) is 7.14. The molecule has 0 unspecified atom stereocenters. The molecule has 4 saturated carbocycles. The van der Waals surface area contributed by atoms with Crippen LogP contribution in [0.1, 0.15) is 71.9 Å². The van der Waals surface area contributed by atoms with E-state index in [9.17, 15) is 15.0 Å². The van der Waals surface area contributed by atoms with Crippen molar-refractivity contribution in [3.05, 3.63) is 41.9 Å². The minimum Gasteiger partial charge on any atom is -0.515 e. The van der Waals surface area contributed by atoms with E-state index in [4.69, 9.17) is 9.47 Å². The van der Waals surface area contributed by atoms with Gasteiger partial charge < -0.3 is 19.7 Å². The van der Waals surface area contributed by atoms with E-state index in [1.165, 1.54) is 0 Å². The highest BCUT2D eigenvalue weighted by Gasteiger charge is 2.71. The summed E-state index contributed by atoms with van der Waals surface area (Å²) in [7, 11) is 0. The van der Waals surface area contributed by atoms with Crippen LogP contribution in [0.3, 0.4) is 0 Å². The van der Waals surface area contributed by atoms with Crippen LogP contribution in [0, 0.1) is 34.5 Å². The highest BCUT2D eigenvalue weighted by Crippen LogP contribution is 2.71. The van der Waals surface area contributed by atoms with Crippen molar-refractivity contribution in [1.82, 2.24) is 4.98 Å². The van der Waals surface area contributed by atoms with Crippen LogP contribution in [0.2, 0.25) is 0 Å². The van der Waals surface area contributed by atoms with Gasteiger partial charge in [0, 0.05) is 29.5 Å². The van der Waals surface area contributed by atoms with Gasteiger partial charge in [-0.1, -0.05) is 19.9 Å². The Morgan fingerprint density at radius 2 is 1.76 bits per heavy atom. The van der Waals surface area contributed by atoms with Crippen molar-refractivity contribution in [1.29, 1.82) is 0 Å². The first-order valence-electron chi connectivity index (χ1n) is 12.9. The summed E-state index contributed by atoms with van der Waals surface area (Å²) in [5.41, 5.74) is -0.131. The van der Waals surface area contributed by atoms with E-state index in [0.717, 1.165) is 31.2 Å². The average molecular weight is 468 g/mol. The summed E-state index contributed by atoms with van der Waals surface area (Å²) in [4.78, 5) is 17.4. The third-order valence-electron chi connectivity index (χ3n) is 10.7. The first-order chi connectivity index (χ1) is 16.0. The number of aliphatic hydroxyl groups is 2. The van der Waals surface area contributed by atoms with Crippen LogP contribution in [0.5, 0.6) is 0 Å². The topological polar surface area (TPSA) is 88.9 Å². The molecule has 5 aliphatic rings. The molecule has 0 amide bonds. The Labute approximate surface area is 201 Å². The molecule has 9 atom stereocenters. The number of rotatable bonds is 1. The lowest BCUT2D eigenvalue weighted by molar-refractivity contribution is -0.196. The van der Waals surface area contributed by atoms with E-state index in [2.05, 4.69) is 18.8 Å². The van der Waals surface area contributed by atoms with Gasteiger partial charge >= 0.3 is 0 Å². The Morgan fingerprint density at radius 3 is 2.47 bits per heavy atom. The molecule has 34 heavy (non-hydrogen) atoms. The Kier molecular flexibility index (Phi) is 4.77. The number of nitrogens with zero attached hydrogens (tertiary/aromatic N) is 1. The van der Waals surface area contributed by atoms with Gasteiger partial charge in [0.15, 0.2) is 11.6 Å². The van der Waals surface area contributed by atoms with Gasteiger partial charge in [-0.15, -0.1) is 0 Å². The van der Waals surface area contributed by atoms with Gasteiger partial charge in [0.25, 0.3) is 0 Å². The molecular weight excluding hydrogens is 430 g/mol. The number of carbonyl (C=O) groups is 1. The fourth-order valence-electron chi connectivity index (χ4n) is 9.11. The number of aliphatic hydroxyl groups excluding tert-OH is 1. The quantitative estimate of drug-likeness (QED) is 0.461. The van der Waals surface area contributed by atoms with Crippen molar-refractivity contribution in [2.75, 3.05) is 0 Å². The van der Waals surface area contributed by atoms with Gasteiger partial charge in [-0.2, -0.15) is 0 Å². The van der Waals surface area contributed by atoms with Gasteiger partial charge in [-0.25, -0.2) is 0 Å². The van der Waals surface area contributed by atoms with E-state index >= 15 is 0 Å². The second-order valence-corrected chi connectivity index (χ2v) is 12.5. The van der Waals surface area contributed by atoms with Gasteiger partial charge in [0.05, 0.1) is 24.2 Å². The number of hydrogen-bond donors (Lipinski definition) is 2. The van der Waals surface area contributed by atoms with Crippen molar-refractivity contribution < 1.29 is 24.5 Å². The Hall–Kier alpha value is -1.76. The summed E-state index contributed by atoms with van der Waals surface area (Å²) in [6.07, 6.45) is 7.00. The molecule has 2 heterocycles. The second-order valence-electron chi connectivity index (χ2n) is 12.5. The van der Waals surface area contributed by atoms with Crippen LogP contribution < -0.4 is 0 Å². The number of Topliss-reactive ketones (excluding diaryl/α,β-unsaturated/α-hetero) is 1. The highest BCUT2D eigenvalue weighted by atomic mass is 16.8. The molecule has 0 bridgehead atoms. The molecule has 4 aliphatic carbocycles. The number of pyridine rings is 1. The van der Waals surface area contributed by atoms with Gasteiger partial charge in [-0.05, 0) is 81.3 Å². The molecule has 0 spiro atoms. The fraction of sp³-hybridized carbons (Fsp3) is 0.714. The molecule has 0 aromatic carbocycles. The largest absolute Gasteiger partial charge is 0.515 e. The lowest BCUT2D eigenvalue weighted by atomic mass is 9.42. The lowest BCUT2D eigenvalue weighted by Gasteiger charge is -2.63. The molecule has 1 saturated heterocycles. The molecule has 6 rings (SSSR count). The van der Waals surface area contributed by atoms with E-state index in [1.54, 1.807) is 6.20 Å². The average Bonchev–Trinajstić information content (AvgIpc) is 3.28. The first kappa shape index (κ1) is 22.7. The zero-order valence-corrected chi connectivity index (χ0v) is 20.7. The fourth-order valence-corrected chi connectivity index (χ4v) is 9.11. The number of fused-ring (bicyclic) bond motifs is 8. The van der Waals surface area contributed by atoms with Crippen molar-refractivity contribution in [2.24, 2.45) is 34.5 Å². The molecule has 2 N–H and O–H groups in total. The summed E-state index contributed by atoms with van der Waals surface area (Å²) in [6, 6.07) is 5.82. The molecule has 0 radical (unpaired) electrons. The number of ether oxygens (including phenoxy) is 2. The standard InChI is InChI=1S/C28H37NO5/c1-25(2)33-23-19-13-20(31)16(15-30)14-26(19,3)17-8-10-27(4)18(22(17)24(23)34-25)9-11-28(27,32)21-7-5-6-12-29-21/h5-7,12,15,17-19,22-24,30,32H,8-11,13-14H2,1-4H3/t17-,18-,19+,22+,23+,24+,26+,27-,28+/m0/s1. The molecule has 1 aromatic heterocycles. The smallest absolute Gasteiger partial charge is 0.163 e. The van der Waals surface area contributed by atoms with Crippen molar-refractivity contribution >= 4 is 5.78 Å². The molecule has 6 nitrogen and oxygen atoms in total. The molecule has 6 heteroatoms. The highest BCUT2D eigenvalue weighted by molar-refractivity contribution is 5.96. The van der Waals surface area contributed by atoms with Crippen molar-refractivity contribution in [3.63, 3.8) is 0 Å². The number of carbonyl (C=O) groups excluding carboxylic acids is 1. The monoisotopic (exact) mass is 467 g/mol. The van der Waals surface area contributed by atoms with Crippen LogP contribution in [0.15, 0.2) is 36.2 Å². The summed E-state index contributed by atoms with van der Waals surface area (Å²) >= 11 is 0. The number of hydrogen-bond acceptors (Lipinski definition) is 6. The predicted octanol–water partition coefficient (Wildman–Crippen LogP) is 4.67. The van der Waals surface area contributed by atoms with Gasteiger partial charge in [0.1, 0.15) is 5.60 Å². The van der Waals surface area contributed by atoms with E-state index in [-0.39, 0.29) is 46.6 Å². The van der Waals surface area contributed by atoms with E-state index < -0.39 is 11.4 Å². The molecule has 5 fully saturated rings. The summed E-state index contributed by atoms with van der Waals surface area (Å²) < 4.78 is 13.2.